The van der Waals surface area contributed by atoms with Crippen LogP contribution >= 0.6 is 0 Å². The van der Waals surface area contributed by atoms with E-state index in [0.29, 0.717) is 24.2 Å². The van der Waals surface area contributed by atoms with Gasteiger partial charge in [0.1, 0.15) is 0 Å². The summed E-state index contributed by atoms with van der Waals surface area (Å²) in [6.07, 6.45) is 4.39. The summed E-state index contributed by atoms with van der Waals surface area (Å²) in [6, 6.07) is 0. The predicted octanol–water partition coefficient (Wildman–Crippen LogP) is 7.85. The van der Waals surface area contributed by atoms with Crippen LogP contribution in [0.2, 0.25) is 0 Å². The molecule has 2 N–H and O–H groups in total. The second-order valence-electron chi connectivity index (χ2n) is 13.7. The second-order valence-corrected chi connectivity index (χ2v) is 13.7. The molecule has 0 unspecified atom stereocenters. The Balaban J connectivity index is -0.000000484. The van der Waals surface area contributed by atoms with Crippen LogP contribution in [0.5, 0.6) is 0 Å². The van der Waals surface area contributed by atoms with Gasteiger partial charge in [-0.3, -0.25) is 0 Å². The number of carbonyl (C=O) groups excluding carboxylic acids is 1. The molecule has 0 aromatic heterocycles. The Labute approximate surface area is 245 Å². The van der Waals surface area contributed by atoms with Gasteiger partial charge in [-0.25, -0.2) is 0 Å². The average molecular weight is 574 g/mol. The Morgan fingerprint density at radius 2 is 1.06 bits per heavy atom. The molecule has 0 saturated carbocycles. The van der Waals surface area contributed by atoms with Gasteiger partial charge in [0.15, 0.2) is 0 Å². The van der Waals surface area contributed by atoms with Crippen LogP contribution in [-0.2, 0) is 37.5 Å². The van der Waals surface area contributed by atoms with Crippen molar-refractivity contribution in [3.8, 4) is 0 Å². The van der Waals surface area contributed by atoms with Crippen LogP contribution in [0.25, 0.3) is 0 Å². The van der Waals surface area contributed by atoms with Crippen LogP contribution in [0.4, 0.5) is 0 Å². The summed E-state index contributed by atoms with van der Waals surface area (Å²) < 4.78 is 0. The minimum absolute atomic E-state index is 0. The summed E-state index contributed by atoms with van der Waals surface area (Å²) in [5.41, 5.74) is -0.697. The number of carbonyl (C=O) groups is 1. The quantitative estimate of drug-likeness (QED) is 0.337. The predicted molar refractivity (Wildman–Crippen MR) is 146 cm³/mol. The molecular weight excluding hydrogens is 513 g/mol. The van der Waals surface area contributed by atoms with E-state index in [-0.39, 0.29) is 68.1 Å². The number of hydroxylamine groups is 4. The Bertz CT molecular complexity index is 576. The van der Waals surface area contributed by atoms with E-state index >= 15 is 0 Å². The van der Waals surface area contributed by atoms with Crippen molar-refractivity contribution in [1.82, 2.24) is 10.1 Å². The van der Waals surface area contributed by atoms with E-state index in [9.17, 15) is 15.2 Å². The summed E-state index contributed by atoms with van der Waals surface area (Å²) in [6.45, 7) is 32.3. The summed E-state index contributed by atoms with van der Waals surface area (Å²) in [5, 5.41) is 23.1. The first-order valence-corrected chi connectivity index (χ1v) is 12.7. The van der Waals surface area contributed by atoms with Crippen molar-refractivity contribution in [2.24, 2.45) is 23.7 Å². The molecule has 2 saturated heterocycles. The molecule has 0 bridgehead atoms. The second kappa shape index (κ2) is 15.2. The molecule has 2 aliphatic rings. The molecule has 2 aliphatic heterocycles. The number of nitrogens with zero attached hydrogens (tertiary/aromatic N) is 2. The third kappa shape index (κ3) is 13.2. The van der Waals surface area contributed by atoms with Gasteiger partial charge in [0.2, 0.25) is 0 Å². The molecule has 0 amide bonds. The molecular formula is C29H60N2O3Y-2. The van der Waals surface area contributed by atoms with Gasteiger partial charge in [-0.1, -0.05) is 35.1 Å². The topological polar surface area (TPSA) is 64.0 Å². The smallest absolute Gasteiger partial charge is 0.0413 e. The SMILES string of the molecule is C.CC(C)C1CC(C)(C)N(O)C(C)(C)C1.[CH2-]C(=O)CC1CC(C)(C)N(O)C(C)(C)C1.[CH2-]C(C)C.[Y]. The standard InChI is InChI=1S/C12H22NO2.C12H25NO.C4H9.CH4.Y/c1-9(14)6-10-7-11(2,3)13(15)12(4,5)8-10;1-9(2)10-7-11(3,4)13(14)12(5,6)8-10;1-4(2)3;;/h10,15H,1,6-8H2,2-5H3;9-10,14H,7-8H2,1-6H3;4H,1H2,2-3H3;1H4;/q-1;;-1;;. The van der Waals surface area contributed by atoms with Crippen LogP contribution in [0.3, 0.4) is 0 Å². The van der Waals surface area contributed by atoms with Crippen molar-refractivity contribution in [3.63, 3.8) is 0 Å². The first kappa shape index (κ1) is 40.0. The fourth-order valence-corrected chi connectivity index (χ4v) is 5.76. The summed E-state index contributed by atoms with van der Waals surface area (Å²) in [4.78, 5) is 11.0. The van der Waals surface area contributed by atoms with Crippen LogP contribution in [0.15, 0.2) is 0 Å². The van der Waals surface area contributed by atoms with E-state index < -0.39 is 0 Å². The van der Waals surface area contributed by atoms with Gasteiger partial charge in [0.05, 0.1) is 0 Å². The van der Waals surface area contributed by atoms with E-state index in [1.807, 2.05) is 27.7 Å². The van der Waals surface area contributed by atoms with Gasteiger partial charge in [-0.2, -0.15) is 16.0 Å². The first-order valence-electron chi connectivity index (χ1n) is 12.7. The van der Waals surface area contributed by atoms with Gasteiger partial charge >= 0.3 is 0 Å². The van der Waals surface area contributed by atoms with Crippen LogP contribution in [0.1, 0.15) is 123 Å². The molecule has 209 valence electrons. The summed E-state index contributed by atoms with van der Waals surface area (Å²) in [5.74, 6) is 2.35. The number of hydrogen-bond donors (Lipinski definition) is 2. The van der Waals surface area contributed by atoms with E-state index in [1.165, 1.54) is 5.06 Å². The molecule has 5 nitrogen and oxygen atoms in total. The van der Waals surface area contributed by atoms with Crippen molar-refractivity contribution in [3.05, 3.63) is 13.8 Å². The Kier molecular flexibility index (Phi) is 17.3. The molecule has 0 aromatic carbocycles. The average Bonchev–Trinajstić information content (AvgIpc) is 2.55. The summed E-state index contributed by atoms with van der Waals surface area (Å²) in [7, 11) is 0. The minimum atomic E-state index is -0.262. The maximum absolute atomic E-state index is 11.0. The Hall–Kier alpha value is 0.484. The molecule has 1 radical (unpaired) electrons. The maximum atomic E-state index is 11.0. The van der Waals surface area contributed by atoms with Gasteiger partial charge in [0.25, 0.3) is 0 Å². The fourth-order valence-electron chi connectivity index (χ4n) is 5.76. The zero-order valence-corrected chi connectivity index (χ0v) is 27.4. The number of rotatable bonds is 3. The normalized spacial score (nSPS) is 23.7. The van der Waals surface area contributed by atoms with Gasteiger partial charge in [-0.15, -0.1) is 0 Å². The van der Waals surface area contributed by atoms with E-state index in [4.69, 9.17) is 0 Å². The van der Waals surface area contributed by atoms with Crippen LogP contribution in [-0.4, -0.2) is 48.5 Å². The molecule has 0 spiro atoms. The van der Waals surface area contributed by atoms with E-state index in [1.54, 1.807) is 5.06 Å². The maximum Gasteiger partial charge on any atom is 0.0413 e. The third-order valence-corrected chi connectivity index (χ3v) is 6.85. The molecule has 2 fully saturated rings. The largest absolute Gasteiger partial charge is 0.341 e. The molecule has 6 heteroatoms. The van der Waals surface area contributed by atoms with Gasteiger partial charge < -0.3 is 29.1 Å². The van der Waals surface area contributed by atoms with Crippen LogP contribution in [0, 0.1) is 37.5 Å². The van der Waals surface area contributed by atoms with Crippen molar-refractivity contribution in [1.29, 1.82) is 0 Å². The Morgan fingerprint density at radius 3 is 1.29 bits per heavy atom. The number of Topliss-reactive ketones (excluding diaryl/α,β-unsaturated/α-hetero) is 1. The van der Waals surface area contributed by atoms with Crippen molar-refractivity contribution < 1.29 is 47.9 Å². The van der Waals surface area contributed by atoms with Crippen molar-refractivity contribution >= 4 is 5.78 Å². The zero-order chi connectivity index (χ0) is 26.6. The Morgan fingerprint density at radius 1 is 0.800 bits per heavy atom. The molecule has 0 aliphatic carbocycles. The monoisotopic (exact) mass is 573 g/mol. The van der Waals surface area contributed by atoms with E-state index in [0.717, 1.165) is 31.6 Å². The zero-order valence-electron chi connectivity index (χ0n) is 24.5. The molecule has 2 heterocycles. The fraction of sp³-hybridized carbons (Fsp3) is 0.897. The van der Waals surface area contributed by atoms with Gasteiger partial charge in [0, 0.05) is 54.9 Å². The third-order valence-electron chi connectivity index (χ3n) is 6.85. The van der Waals surface area contributed by atoms with Crippen molar-refractivity contribution in [2.75, 3.05) is 0 Å². The minimum Gasteiger partial charge on any atom is -0.341 e. The summed E-state index contributed by atoms with van der Waals surface area (Å²) >= 11 is 0. The number of hydrogen-bond acceptors (Lipinski definition) is 5. The number of piperidine rings is 2. The first-order chi connectivity index (χ1) is 14.5. The van der Waals surface area contributed by atoms with Crippen LogP contribution < -0.4 is 0 Å². The molecule has 35 heavy (non-hydrogen) atoms. The molecule has 0 aromatic rings. The number of ketones is 1. The van der Waals surface area contributed by atoms with E-state index in [2.05, 4.69) is 69.2 Å². The van der Waals surface area contributed by atoms with Gasteiger partial charge in [-0.05, 0) is 111 Å². The molecule has 0 atom stereocenters. The molecule has 2 rings (SSSR count). The van der Waals surface area contributed by atoms with Crippen molar-refractivity contribution in [2.45, 2.75) is 145 Å².